The van der Waals surface area contributed by atoms with Gasteiger partial charge in [0, 0.05) is 74.2 Å². The molecule has 0 spiro atoms. The molecule has 2 saturated heterocycles. The van der Waals surface area contributed by atoms with E-state index in [-0.39, 0.29) is 11.7 Å². The van der Waals surface area contributed by atoms with Crippen molar-refractivity contribution in [1.82, 2.24) is 15.1 Å². The summed E-state index contributed by atoms with van der Waals surface area (Å²) in [4.78, 5) is 18.4. The first kappa shape index (κ1) is 27.2. The van der Waals surface area contributed by atoms with Crippen molar-refractivity contribution in [3.05, 3.63) is 77.4 Å². The van der Waals surface area contributed by atoms with Crippen molar-refractivity contribution < 1.29 is 23.0 Å². The van der Waals surface area contributed by atoms with Gasteiger partial charge in [-0.15, -0.1) is 0 Å². The minimum Gasteiger partial charge on any atom is -0.457 e. The smallest absolute Gasteiger partial charge is 0.257 e. The van der Waals surface area contributed by atoms with Crippen LogP contribution in [0.15, 0.2) is 54.6 Å². The van der Waals surface area contributed by atoms with Gasteiger partial charge in [0.2, 0.25) is 0 Å². The number of aromatic nitrogens is 2. The van der Waals surface area contributed by atoms with E-state index in [1.807, 2.05) is 12.1 Å². The maximum atomic E-state index is 13.7. The summed E-state index contributed by atoms with van der Waals surface area (Å²) < 4.78 is 38.5. The fourth-order valence-electron chi connectivity index (χ4n) is 5.54. The number of piperazine rings is 1. The Morgan fingerprint density at radius 2 is 1.76 bits per heavy atom. The van der Waals surface area contributed by atoms with Gasteiger partial charge in [0.1, 0.15) is 23.1 Å². The number of carbonyl (C=O) groups excluding carboxylic acids is 1. The van der Waals surface area contributed by atoms with Gasteiger partial charge in [-0.1, -0.05) is 0 Å². The topological polar surface area (TPSA) is 82.7 Å². The maximum absolute atomic E-state index is 13.7. The maximum Gasteiger partial charge on any atom is 0.257 e. The molecule has 0 atom stereocenters. The van der Waals surface area contributed by atoms with Crippen LogP contribution in [0.4, 0.5) is 20.3 Å². The fraction of sp³-hybridized carbons (Fsp3) is 0.355. The highest BCUT2D eigenvalue weighted by molar-refractivity contribution is 6.09. The van der Waals surface area contributed by atoms with Crippen molar-refractivity contribution >= 4 is 28.3 Å². The molecule has 0 saturated carbocycles. The number of ether oxygens (including phenoxy) is 2. The monoisotopic (exact) mass is 561 g/mol. The van der Waals surface area contributed by atoms with Gasteiger partial charge in [-0.3, -0.25) is 9.89 Å². The number of aromatic amines is 1. The second-order valence-corrected chi connectivity index (χ2v) is 10.8. The summed E-state index contributed by atoms with van der Waals surface area (Å²) in [6.07, 6.45) is 2.75. The van der Waals surface area contributed by atoms with E-state index in [4.69, 9.17) is 9.47 Å². The standard InChI is InChI=1S/C31H33F2N5O3/c1-37-8-10-38(11-9-37)24-2-4-27(21(15-24)14-20-6-12-40-13-7-20)31(39)34-30-28-19-25(3-5-29(28)35-36-30)41-26-17-22(32)16-23(33)18-26/h2-5,15-20H,6-14H2,1H3,(H2,34,35,36,39). The third-order valence-corrected chi connectivity index (χ3v) is 7.89. The number of nitrogens with one attached hydrogen (secondary N) is 2. The number of benzene rings is 3. The second-order valence-electron chi connectivity index (χ2n) is 10.8. The predicted octanol–water partition coefficient (Wildman–Crippen LogP) is 5.61. The van der Waals surface area contributed by atoms with Crippen LogP contribution < -0.4 is 15.0 Å². The Balaban J connectivity index is 1.25. The van der Waals surface area contributed by atoms with Gasteiger partial charge in [0.25, 0.3) is 5.91 Å². The summed E-state index contributed by atoms with van der Waals surface area (Å²) >= 11 is 0. The Bertz CT molecular complexity index is 1520. The molecular weight excluding hydrogens is 528 g/mol. The highest BCUT2D eigenvalue weighted by atomic mass is 19.1. The highest BCUT2D eigenvalue weighted by Gasteiger charge is 2.22. The number of amides is 1. The van der Waals surface area contributed by atoms with Crippen LogP contribution >= 0.6 is 0 Å². The SMILES string of the molecule is CN1CCN(c2ccc(C(=O)Nc3n[nH]c4ccc(Oc5cc(F)cc(F)c5)cc34)c(CC3CCOCC3)c2)CC1. The van der Waals surface area contributed by atoms with Gasteiger partial charge in [0.15, 0.2) is 5.82 Å². The fourth-order valence-corrected chi connectivity index (χ4v) is 5.54. The summed E-state index contributed by atoms with van der Waals surface area (Å²) in [5.74, 6) is -0.507. The average molecular weight is 562 g/mol. The van der Waals surface area contributed by atoms with Crippen LogP contribution in [0.5, 0.6) is 11.5 Å². The van der Waals surface area contributed by atoms with Crippen molar-refractivity contribution in [2.45, 2.75) is 19.3 Å². The van der Waals surface area contributed by atoms with E-state index >= 15 is 0 Å². The van der Waals surface area contributed by atoms with Gasteiger partial charge < -0.3 is 24.6 Å². The Hall–Kier alpha value is -4.02. The predicted molar refractivity (Wildman–Crippen MR) is 154 cm³/mol. The van der Waals surface area contributed by atoms with E-state index in [0.29, 0.717) is 34.0 Å². The molecule has 6 rings (SSSR count). The van der Waals surface area contributed by atoms with Crippen molar-refractivity contribution in [2.24, 2.45) is 5.92 Å². The van der Waals surface area contributed by atoms with Crippen LogP contribution in [-0.2, 0) is 11.2 Å². The van der Waals surface area contributed by atoms with E-state index in [1.165, 1.54) is 0 Å². The molecule has 0 radical (unpaired) electrons. The molecule has 8 nitrogen and oxygen atoms in total. The first-order chi connectivity index (χ1) is 19.9. The Morgan fingerprint density at radius 3 is 2.51 bits per heavy atom. The lowest BCUT2D eigenvalue weighted by molar-refractivity contribution is 0.0664. The van der Waals surface area contributed by atoms with Crippen LogP contribution in [-0.4, -0.2) is 67.4 Å². The molecule has 0 aliphatic carbocycles. The zero-order chi connectivity index (χ0) is 28.3. The van der Waals surface area contributed by atoms with Gasteiger partial charge >= 0.3 is 0 Å². The van der Waals surface area contributed by atoms with Crippen molar-refractivity contribution in [3.63, 3.8) is 0 Å². The number of carbonyl (C=O) groups is 1. The van der Waals surface area contributed by atoms with Gasteiger partial charge in [-0.05, 0) is 74.2 Å². The number of H-pyrrole nitrogens is 1. The molecule has 0 bridgehead atoms. The third-order valence-electron chi connectivity index (χ3n) is 7.89. The number of likely N-dealkylation sites (N-methyl/N-ethyl adjacent to an activating group) is 1. The largest absolute Gasteiger partial charge is 0.457 e. The Labute approximate surface area is 237 Å². The summed E-state index contributed by atoms with van der Waals surface area (Å²) in [6, 6.07) is 14.2. The number of hydrogen-bond donors (Lipinski definition) is 2. The first-order valence-electron chi connectivity index (χ1n) is 14.0. The second kappa shape index (κ2) is 11.8. The zero-order valence-electron chi connectivity index (χ0n) is 23.0. The zero-order valence-corrected chi connectivity index (χ0v) is 23.0. The molecule has 214 valence electrons. The van der Waals surface area contributed by atoms with Crippen molar-refractivity contribution in [3.8, 4) is 11.5 Å². The van der Waals surface area contributed by atoms with Crippen LogP contribution in [0.1, 0.15) is 28.8 Å². The third kappa shape index (κ3) is 6.34. The minimum absolute atomic E-state index is 0.0362. The van der Waals surface area contributed by atoms with Gasteiger partial charge in [0.05, 0.1) is 5.52 Å². The number of anilines is 2. The molecule has 1 aromatic heterocycles. The molecular formula is C31H33F2N5O3. The molecule has 4 aromatic rings. The number of fused-ring (bicyclic) bond motifs is 1. The first-order valence-corrected chi connectivity index (χ1v) is 14.0. The Kier molecular flexibility index (Phi) is 7.84. The minimum atomic E-state index is -0.729. The molecule has 2 aliphatic heterocycles. The van der Waals surface area contributed by atoms with E-state index < -0.39 is 11.6 Å². The molecule has 41 heavy (non-hydrogen) atoms. The van der Waals surface area contributed by atoms with Crippen molar-refractivity contribution in [2.75, 3.05) is 56.7 Å². The summed E-state index contributed by atoms with van der Waals surface area (Å²) in [5, 5.41) is 10.8. The molecule has 2 N–H and O–H groups in total. The summed E-state index contributed by atoms with van der Waals surface area (Å²) in [5.41, 5.74) is 3.46. The van der Waals surface area contributed by atoms with Crippen LogP contribution in [0.3, 0.4) is 0 Å². The Morgan fingerprint density at radius 1 is 1.00 bits per heavy atom. The lowest BCUT2D eigenvalue weighted by Gasteiger charge is -2.34. The molecule has 1 amide bonds. The quantitative estimate of drug-likeness (QED) is 0.306. The van der Waals surface area contributed by atoms with E-state index in [9.17, 15) is 13.6 Å². The summed E-state index contributed by atoms with van der Waals surface area (Å²) in [6.45, 7) is 5.40. The van der Waals surface area contributed by atoms with Gasteiger partial charge in [-0.25, -0.2) is 8.78 Å². The number of halogens is 2. The van der Waals surface area contributed by atoms with Crippen molar-refractivity contribution in [1.29, 1.82) is 0 Å². The molecule has 3 heterocycles. The van der Waals surface area contributed by atoms with Crippen LogP contribution in [0.2, 0.25) is 0 Å². The average Bonchev–Trinajstić information content (AvgIpc) is 3.35. The number of hydrogen-bond acceptors (Lipinski definition) is 6. The van der Waals surface area contributed by atoms with E-state index in [2.05, 4.69) is 38.4 Å². The molecule has 2 fully saturated rings. The molecule has 10 heteroatoms. The highest BCUT2D eigenvalue weighted by Crippen LogP contribution is 2.31. The number of nitrogens with zero attached hydrogens (tertiary/aromatic N) is 3. The van der Waals surface area contributed by atoms with Gasteiger partial charge in [-0.2, -0.15) is 5.10 Å². The molecule has 2 aliphatic rings. The van der Waals surface area contributed by atoms with Crippen LogP contribution in [0.25, 0.3) is 10.9 Å². The van der Waals surface area contributed by atoms with Crippen LogP contribution in [0, 0.1) is 17.6 Å². The van der Waals surface area contributed by atoms with E-state index in [0.717, 1.165) is 88.1 Å². The van der Waals surface area contributed by atoms with E-state index in [1.54, 1.807) is 18.2 Å². The molecule has 0 unspecified atom stereocenters. The lowest BCUT2D eigenvalue weighted by Crippen LogP contribution is -2.44. The summed E-state index contributed by atoms with van der Waals surface area (Å²) in [7, 11) is 2.14. The number of rotatable bonds is 7. The lowest BCUT2D eigenvalue weighted by atomic mass is 9.89. The normalized spacial score (nSPS) is 16.7. The molecule has 3 aromatic carbocycles.